The minimum atomic E-state index is -3.45. The van der Waals surface area contributed by atoms with Gasteiger partial charge in [-0.25, -0.2) is 8.42 Å². The zero-order valence-corrected chi connectivity index (χ0v) is 18.1. The molecular weight excluding hydrogens is 408 g/mol. The van der Waals surface area contributed by atoms with Gasteiger partial charge in [-0.3, -0.25) is 9.00 Å². The molecule has 3 rings (SSSR count). The molecule has 1 unspecified atom stereocenters. The fourth-order valence-electron chi connectivity index (χ4n) is 3.36. The normalized spacial score (nSPS) is 16.3. The SMILES string of the molecule is CS(=O)Cc1cccc(C(=O)NCc2ccc(S(=O)(=O)N3CCCCC3)cc2)c1. The maximum atomic E-state index is 12.7. The first-order valence-corrected chi connectivity index (χ1v) is 12.8. The monoisotopic (exact) mass is 434 g/mol. The summed E-state index contributed by atoms with van der Waals surface area (Å²) in [6.45, 7) is 1.45. The predicted octanol–water partition coefficient (Wildman–Crippen LogP) is 2.67. The molecule has 2 aromatic rings. The van der Waals surface area contributed by atoms with Crippen molar-refractivity contribution >= 4 is 26.7 Å². The van der Waals surface area contributed by atoms with Gasteiger partial charge in [-0.15, -0.1) is 0 Å². The second-order valence-electron chi connectivity index (χ2n) is 7.21. The summed E-state index contributed by atoms with van der Waals surface area (Å²) in [5, 5.41) is 2.84. The summed E-state index contributed by atoms with van der Waals surface area (Å²) in [6, 6.07) is 13.7. The van der Waals surface area contributed by atoms with Gasteiger partial charge in [-0.2, -0.15) is 4.31 Å². The second kappa shape index (κ2) is 9.65. The minimum Gasteiger partial charge on any atom is -0.348 e. The van der Waals surface area contributed by atoms with Gasteiger partial charge in [-0.1, -0.05) is 30.7 Å². The van der Waals surface area contributed by atoms with E-state index >= 15 is 0 Å². The zero-order chi connectivity index (χ0) is 20.9. The Kier molecular flexibility index (Phi) is 7.21. The molecule has 1 N–H and O–H groups in total. The lowest BCUT2D eigenvalue weighted by Gasteiger charge is -2.25. The molecule has 1 amide bonds. The highest BCUT2D eigenvalue weighted by Crippen LogP contribution is 2.21. The van der Waals surface area contributed by atoms with Gasteiger partial charge in [0.25, 0.3) is 5.91 Å². The Morgan fingerprint density at radius 2 is 1.72 bits per heavy atom. The zero-order valence-electron chi connectivity index (χ0n) is 16.5. The number of hydrogen-bond acceptors (Lipinski definition) is 4. The van der Waals surface area contributed by atoms with E-state index < -0.39 is 20.8 Å². The third-order valence-corrected chi connectivity index (χ3v) is 7.54. The number of benzene rings is 2. The van der Waals surface area contributed by atoms with E-state index in [2.05, 4.69) is 5.32 Å². The second-order valence-corrected chi connectivity index (χ2v) is 10.6. The molecule has 0 spiro atoms. The fraction of sp³-hybridized carbons (Fsp3) is 0.381. The Hall–Kier alpha value is -2.03. The van der Waals surface area contributed by atoms with Crippen molar-refractivity contribution in [3.8, 4) is 0 Å². The highest BCUT2D eigenvalue weighted by atomic mass is 32.2. The molecule has 0 aromatic heterocycles. The Labute approximate surface area is 174 Å². The Morgan fingerprint density at radius 1 is 1.03 bits per heavy atom. The summed E-state index contributed by atoms with van der Waals surface area (Å²) in [7, 11) is -4.41. The summed E-state index contributed by atoms with van der Waals surface area (Å²) in [5.41, 5.74) is 2.18. The van der Waals surface area contributed by atoms with Crippen LogP contribution in [0.25, 0.3) is 0 Å². The number of amides is 1. The quantitative estimate of drug-likeness (QED) is 0.726. The molecule has 6 nitrogen and oxygen atoms in total. The first-order valence-electron chi connectivity index (χ1n) is 9.62. The summed E-state index contributed by atoms with van der Waals surface area (Å²) < 4.78 is 38.3. The molecule has 2 aromatic carbocycles. The van der Waals surface area contributed by atoms with Crippen molar-refractivity contribution in [1.82, 2.24) is 9.62 Å². The van der Waals surface area contributed by atoms with Crippen LogP contribution >= 0.6 is 0 Å². The molecule has 29 heavy (non-hydrogen) atoms. The van der Waals surface area contributed by atoms with Gasteiger partial charge in [0.05, 0.1) is 4.90 Å². The van der Waals surface area contributed by atoms with Crippen LogP contribution in [-0.2, 0) is 33.1 Å². The maximum Gasteiger partial charge on any atom is 0.251 e. The molecule has 0 bridgehead atoms. The van der Waals surface area contributed by atoms with E-state index in [1.807, 2.05) is 6.07 Å². The Balaban J connectivity index is 1.61. The first-order chi connectivity index (χ1) is 13.9. The van der Waals surface area contributed by atoms with Gasteiger partial charge in [-0.05, 0) is 48.2 Å². The van der Waals surface area contributed by atoms with E-state index in [0.717, 1.165) is 30.4 Å². The number of hydrogen-bond donors (Lipinski definition) is 1. The van der Waals surface area contributed by atoms with E-state index in [0.29, 0.717) is 31.0 Å². The highest BCUT2D eigenvalue weighted by molar-refractivity contribution is 7.89. The van der Waals surface area contributed by atoms with E-state index in [4.69, 9.17) is 0 Å². The molecule has 0 radical (unpaired) electrons. The largest absolute Gasteiger partial charge is 0.348 e. The maximum absolute atomic E-state index is 12.7. The van der Waals surface area contributed by atoms with Gasteiger partial charge < -0.3 is 5.32 Å². The lowest BCUT2D eigenvalue weighted by molar-refractivity contribution is 0.0950. The van der Waals surface area contributed by atoms with Crippen LogP contribution < -0.4 is 5.32 Å². The van der Waals surface area contributed by atoms with Crippen molar-refractivity contribution in [1.29, 1.82) is 0 Å². The van der Waals surface area contributed by atoms with Crippen molar-refractivity contribution in [3.63, 3.8) is 0 Å². The summed E-state index contributed by atoms with van der Waals surface area (Å²) in [5.74, 6) is 0.187. The molecule has 156 valence electrons. The summed E-state index contributed by atoms with van der Waals surface area (Å²) in [6.07, 6.45) is 4.50. The van der Waals surface area contributed by atoms with Gasteiger partial charge in [0.15, 0.2) is 0 Å². The number of piperidine rings is 1. The summed E-state index contributed by atoms with van der Waals surface area (Å²) >= 11 is 0. The predicted molar refractivity (Wildman–Crippen MR) is 114 cm³/mol. The van der Waals surface area contributed by atoms with Crippen molar-refractivity contribution in [2.24, 2.45) is 0 Å². The van der Waals surface area contributed by atoms with E-state index in [9.17, 15) is 17.4 Å². The van der Waals surface area contributed by atoms with Crippen LogP contribution in [0.15, 0.2) is 53.4 Å². The van der Waals surface area contributed by atoms with Gasteiger partial charge in [0, 0.05) is 48.0 Å². The van der Waals surface area contributed by atoms with E-state index in [1.54, 1.807) is 53.0 Å². The number of nitrogens with one attached hydrogen (secondary N) is 1. The number of carbonyl (C=O) groups is 1. The lowest BCUT2D eigenvalue weighted by atomic mass is 10.1. The topological polar surface area (TPSA) is 83.5 Å². The summed E-state index contributed by atoms with van der Waals surface area (Å²) in [4.78, 5) is 12.7. The molecule has 0 aliphatic carbocycles. The van der Waals surface area contributed by atoms with Crippen molar-refractivity contribution in [2.75, 3.05) is 19.3 Å². The number of nitrogens with zero attached hydrogens (tertiary/aromatic N) is 1. The van der Waals surface area contributed by atoms with Crippen molar-refractivity contribution in [3.05, 3.63) is 65.2 Å². The molecule has 1 aliphatic heterocycles. The van der Waals surface area contributed by atoms with E-state index in [-0.39, 0.29) is 10.8 Å². The third-order valence-electron chi connectivity index (χ3n) is 4.89. The number of carbonyl (C=O) groups excluding carboxylic acids is 1. The molecule has 1 atom stereocenters. The van der Waals surface area contributed by atoms with Crippen molar-refractivity contribution < 1.29 is 17.4 Å². The van der Waals surface area contributed by atoms with Crippen LogP contribution in [-0.4, -0.2) is 42.2 Å². The minimum absolute atomic E-state index is 0.223. The van der Waals surface area contributed by atoms with Crippen LogP contribution in [0.2, 0.25) is 0 Å². The molecule has 1 fully saturated rings. The molecule has 1 heterocycles. The smallest absolute Gasteiger partial charge is 0.251 e. The average molecular weight is 435 g/mol. The van der Waals surface area contributed by atoms with Gasteiger partial charge in [0.2, 0.25) is 10.0 Å². The molecular formula is C21H26N2O4S2. The molecule has 1 saturated heterocycles. The lowest BCUT2D eigenvalue weighted by Crippen LogP contribution is -2.35. The van der Waals surface area contributed by atoms with Gasteiger partial charge in [0.1, 0.15) is 0 Å². The number of rotatable bonds is 7. The average Bonchev–Trinajstić information content (AvgIpc) is 2.72. The Morgan fingerprint density at radius 3 is 2.38 bits per heavy atom. The highest BCUT2D eigenvalue weighted by Gasteiger charge is 2.25. The van der Waals surface area contributed by atoms with Crippen molar-refractivity contribution in [2.45, 2.75) is 36.5 Å². The van der Waals surface area contributed by atoms with Crippen LogP contribution in [0.1, 0.15) is 40.7 Å². The first kappa shape index (κ1) is 21.7. The Bertz CT molecular complexity index is 982. The van der Waals surface area contributed by atoms with Crippen LogP contribution in [0.5, 0.6) is 0 Å². The molecule has 1 aliphatic rings. The standard InChI is InChI=1S/C21H26N2O4S2/c1-28(25)16-18-6-5-7-19(14-18)21(24)22-15-17-8-10-20(11-9-17)29(26,27)23-12-3-2-4-13-23/h5-11,14H,2-4,12-13,15-16H2,1H3,(H,22,24). The van der Waals surface area contributed by atoms with E-state index in [1.165, 1.54) is 0 Å². The third kappa shape index (κ3) is 5.74. The van der Waals surface area contributed by atoms with Crippen LogP contribution in [0, 0.1) is 0 Å². The number of sulfonamides is 1. The molecule has 0 saturated carbocycles. The fourth-order valence-corrected chi connectivity index (χ4v) is 5.52. The van der Waals surface area contributed by atoms with Crippen LogP contribution in [0.3, 0.4) is 0 Å². The van der Waals surface area contributed by atoms with Gasteiger partial charge >= 0.3 is 0 Å². The molecule has 8 heteroatoms. The van der Waals surface area contributed by atoms with Crippen LogP contribution in [0.4, 0.5) is 0 Å².